The van der Waals surface area contributed by atoms with Gasteiger partial charge in [-0.3, -0.25) is 4.79 Å². The normalized spacial score (nSPS) is 12.0. The van der Waals surface area contributed by atoms with Gasteiger partial charge in [0.1, 0.15) is 11.3 Å². The van der Waals surface area contributed by atoms with E-state index in [0.29, 0.717) is 29.6 Å². The zero-order chi connectivity index (χ0) is 18.2. The minimum Gasteiger partial charge on any atom is -0.481 e. The Kier molecular flexibility index (Phi) is 6.80. The topological polar surface area (TPSA) is 103 Å². The number of nitrogens with two attached hydrogens (primary N) is 1. The van der Waals surface area contributed by atoms with Crippen LogP contribution in [-0.2, 0) is 0 Å². The summed E-state index contributed by atoms with van der Waals surface area (Å²) in [5.74, 6) is 0.661. The van der Waals surface area contributed by atoms with Crippen LogP contribution in [0.4, 0.5) is 5.88 Å². The Morgan fingerprint density at radius 1 is 1.40 bits per heavy atom. The van der Waals surface area contributed by atoms with Crippen LogP contribution in [0.5, 0.6) is 5.88 Å². The first-order valence-corrected chi connectivity index (χ1v) is 8.64. The number of anilines is 1. The van der Waals surface area contributed by atoms with E-state index in [-0.39, 0.29) is 17.4 Å². The Labute approximate surface area is 147 Å². The van der Waals surface area contributed by atoms with Gasteiger partial charge in [-0.05, 0) is 18.4 Å². The zero-order valence-electron chi connectivity index (χ0n) is 15.0. The number of amides is 1. The van der Waals surface area contributed by atoms with Gasteiger partial charge in [0.2, 0.25) is 11.8 Å². The number of ether oxygens (including phenoxy) is 1. The van der Waals surface area contributed by atoms with Crippen molar-refractivity contribution in [3.63, 3.8) is 0 Å². The molecule has 3 N–H and O–H groups in total. The summed E-state index contributed by atoms with van der Waals surface area (Å²) < 4.78 is 10.1. The van der Waals surface area contributed by atoms with Crippen LogP contribution in [-0.4, -0.2) is 29.7 Å². The number of unbranched alkanes of at least 4 members (excludes halogenated alkanes) is 1. The minimum absolute atomic E-state index is 0.00456. The first kappa shape index (κ1) is 18.8. The molecule has 7 nitrogen and oxygen atoms in total. The Morgan fingerprint density at radius 3 is 2.80 bits per heavy atom. The lowest BCUT2D eigenvalue weighted by Crippen LogP contribution is -2.29. The third kappa shape index (κ3) is 4.71. The SMILES string of the molecule is CCCCC(CC)CNC(=O)c1c(-c2ccc(OC)nc2)noc1N. The molecule has 0 radical (unpaired) electrons. The van der Waals surface area contributed by atoms with Crippen molar-refractivity contribution in [3.8, 4) is 17.1 Å². The van der Waals surface area contributed by atoms with Gasteiger partial charge >= 0.3 is 0 Å². The van der Waals surface area contributed by atoms with Gasteiger partial charge < -0.3 is 20.3 Å². The van der Waals surface area contributed by atoms with Crippen LogP contribution in [0.1, 0.15) is 49.9 Å². The molecule has 136 valence electrons. The van der Waals surface area contributed by atoms with Crippen molar-refractivity contribution >= 4 is 11.8 Å². The Bertz CT molecular complexity index is 682. The van der Waals surface area contributed by atoms with E-state index < -0.39 is 0 Å². The van der Waals surface area contributed by atoms with Gasteiger partial charge in [0.05, 0.1) is 7.11 Å². The molecule has 2 rings (SSSR count). The van der Waals surface area contributed by atoms with Gasteiger partial charge in [-0.1, -0.05) is 38.3 Å². The Balaban J connectivity index is 2.12. The number of pyridine rings is 1. The Morgan fingerprint density at radius 2 is 2.20 bits per heavy atom. The highest BCUT2D eigenvalue weighted by atomic mass is 16.5. The van der Waals surface area contributed by atoms with E-state index in [2.05, 4.69) is 29.3 Å². The summed E-state index contributed by atoms with van der Waals surface area (Å²) in [5, 5.41) is 6.87. The van der Waals surface area contributed by atoms with Crippen molar-refractivity contribution in [2.45, 2.75) is 39.5 Å². The molecular weight excluding hydrogens is 320 g/mol. The molecule has 1 atom stereocenters. The number of carbonyl (C=O) groups is 1. The second-order valence-electron chi connectivity index (χ2n) is 5.99. The van der Waals surface area contributed by atoms with E-state index in [4.69, 9.17) is 15.0 Å². The van der Waals surface area contributed by atoms with Gasteiger partial charge in [0.25, 0.3) is 5.91 Å². The molecule has 0 bridgehead atoms. The lowest BCUT2D eigenvalue weighted by molar-refractivity contribution is 0.0947. The molecule has 0 aliphatic carbocycles. The summed E-state index contributed by atoms with van der Waals surface area (Å²) in [6, 6.07) is 3.45. The number of hydrogen-bond acceptors (Lipinski definition) is 6. The predicted octanol–water partition coefficient (Wildman–Crippen LogP) is 3.27. The number of aromatic nitrogens is 2. The fourth-order valence-corrected chi connectivity index (χ4v) is 2.63. The van der Waals surface area contributed by atoms with E-state index in [1.807, 2.05) is 0 Å². The third-order valence-corrected chi connectivity index (χ3v) is 4.26. The molecule has 1 amide bonds. The van der Waals surface area contributed by atoms with E-state index in [9.17, 15) is 4.79 Å². The average molecular weight is 346 g/mol. The zero-order valence-corrected chi connectivity index (χ0v) is 15.0. The molecule has 0 saturated carbocycles. The lowest BCUT2D eigenvalue weighted by atomic mass is 9.99. The first-order valence-electron chi connectivity index (χ1n) is 8.64. The maximum Gasteiger partial charge on any atom is 0.259 e. The highest BCUT2D eigenvalue weighted by Gasteiger charge is 2.23. The molecule has 0 fully saturated rings. The average Bonchev–Trinajstić information content (AvgIpc) is 3.03. The van der Waals surface area contributed by atoms with Gasteiger partial charge in [-0.15, -0.1) is 0 Å². The molecule has 0 aliphatic heterocycles. The quantitative estimate of drug-likeness (QED) is 0.722. The number of rotatable bonds is 9. The molecule has 2 heterocycles. The smallest absolute Gasteiger partial charge is 0.259 e. The molecule has 0 aliphatic rings. The Hall–Kier alpha value is -2.57. The van der Waals surface area contributed by atoms with Crippen LogP contribution < -0.4 is 15.8 Å². The second kappa shape index (κ2) is 9.05. The van der Waals surface area contributed by atoms with Crippen LogP contribution in [0.15, 0.2) is 22.9 Å². The summed E-state index contributed by atoms with van der Waals surface area (Å²) in [4.78, 5) is 16.7. The molecule has 7 heteroatoms. The summed E-state index contributed by atoms with van der Waals surface area (Å²) >= 11 is 0. The van der Waals surface area contributed by atoms with Crippen LogP contribution in [0, 0.1) is 5.92 Å². The summed E-state index contributed by atoms with van der Waals surface area (Å²) in [7, 11) is 1.54. The summed E-state index contributed by atoms with van der Waals surface area (Å²) in [6.07, 6.45) is 6.00. The number of methoxy groups -OCH3 is 1. The fraction of sp³-hybridized carbons (Fsp3) is 0.500. The number of nitrogen functional groups attached to an aromatic ring is 1. The van der Waals surface area contributed by atoms with Gasteiger partial charge in [-0.25, -0.2) is 4.98 Å². The second-order valence-corrected chi connectivity index (χ2v) is 5.99. The van der Waals surface area contributed by atoms with Crippen molar-refractivity contribution < 1.29 is 14.1 Å². The highest BCUT2D eigenvalue weighted by molar-refractivity contribution is 6.03. The van der Waals surface area contributed by atoms with E-state index in [1.54, 1.807) is 18.3 Å². The first-order chi connectivity index (χ1) is 12.1. The standard InChI is InChI=1S/C18H26N4O3/c1-4-6-7-12(5-2)10-21-18(23)15-16(22-25-17(15)19)13-8-9-14(24-3)20-11-13/h8-9,11-12H,4-7,10,19H2,1-3H3,(H,21,23). The van der Waals surface area contributed by atoms with Crippen LogP contribution in [0.3, 0.4) is 0 Å². The molecule has 1 unspecified atom stereocenters. The third-order valence-electron chi connectivity index (χ3n) is 4.26. The number of nitrogens with one attached hydrogen (secondary N) is 1. The van der Waals surface area contributed by atoms with Crippen molar-refractivity contribution in [2.24, 2.45) is 5.92 Å². The van der Waals surface area contributed by atoms with Gasteiger partial charge in [0.15, 0.2) is 0 Å². The van der Waals surface area contributed by atoms with Crippen molar-refractivity contribution in [3.05, 3.63) is 23.9 Å². The van der Waals surface area contributed by atoms with Gasteiger partial charge in [0, 0.05) is 24.4 Å². The molecule has 2 aromatic rings. The maximum atomic E-state index is 12.6. The van der Waals surface area contributed by atoms with Gasteiger partial charge in [-0.2, -0.15) is 0 Å². The van der Waals surface area contributed by atoms with E-state index >= 15 is 0 Å². The number of hydrogen-bond donors (Lipinski definition) is 2. The molecule has 0 saturated heterocycles. The summed E-state index contributed by atoms with van der Waals surface area (Å²) in [6.45, 7) is 4.91. The molecular formula is C18H26N4O3. The fourth-order valence-electron chi connectivity index (χ4n) is 2.63. The monoisotopic (exact) mass is 346 g/mol. The molecule has 25 heavy (non-hydrogen) atoms. The van der Waals surface area contributed by atoms with Crippen LogP contribution in [0.2, 0.25) is 0 Å². The number of nitrogens with zero attached hydrogens (tertiary/aromatic N) is 2. The number of carbonyl (C=O) groups excluding carboxylic acids is 1. The molecule has 2 aromatic heterocycles. The largest absolute Gasteiger partial charge is 0.481 e. The highest BCUT2D eigenvalue weighted by Crippen LogP contribution is 2.27. The van der Waals surface area contributed by atoms with Crippen molar-refractivity contribution in [1.29, 1.82) is 0 Å². The molecule has 0 aromatic carbocycles. The van der Waals surface area contributed by atoms with E-state index in [1.165, 1.54) is 7.11 Å². The van der Waals surface area contributed by atoms with Crippen LogP contribution in [0.25, 0.3) is 11.3 Å². The minimum atomic E-state index is -0.278. The lowest BCUT2D eigenvalue weighted by Gasteiger charge is -2.15. The van der Waals surface area contributed by atoms with E-state index in [0.717, 1.165) is 25.7 Å². The summed E-state index contributed by atoms with van der Waals surface area (Å²) in [5.41, 5.74) is 7.09. The maximum absolute atomic E-state index is 12.6. The van der Waals surface area contributed by atoms with Crippen LogP contribution >= 0.6 is 0 Å². The van der Waals surface area contributed by atoms with Crippen molar-refractivity contribution in [2.75, 3.05) is 19.4 Å². The molecule has 0 spiro atoms. The van der Waals surface area contributed by atoms with Crippen molar-refractivity contribution in [1.82, 2.24) is 15.5 Å². The predicted molar refractivity (Wildman–Crippen MR) is 96.3 cm³/mol.